The molecule has 0 aliphatic heterocycles. The quantitative estimate of drug-likeness (QED) is 0.541. The van der Waals surface area contributed by atoms with E-state index in [1.165, 1.54) is 38.5 Å². The molecular formula is C13H25NO3. The van der Waals surface area contributed by atoms with Gasteiger partial charge in [-0.05, 0) is 18.8 Å². The Balaban J connectivity index is 2.33. The van der Waals surface area contributed by atoms with Crippen molar-refractivity contribution in [2.45, 2.75) is 77.2 Å². The van der Waals surface area contributed by atoms with Crippen LogP contribution in [0.5, 0.6) is 0 Å². The van der Waals surface area contributed by atoms with E-state index >= 15 is 0 Å². The molecule has 100 valence electrons. The maximum absolute atomic E-state index is 10.4. The summed E-state index contributed by atoms with van der Waals surface area (Å²) in [5.41, 5.74) is 0. The number of nitrogens with zero attached hydrogens (tertiary/aromatic N) is 1. The molecule has 0 spiro atoms. The van der Waals surface area contributed by atoms with Gasteiger partial charge in [-0.1, -0.05) is 58.3 Å². The van der Waals surface area contributed by atoms with Crippen LogP contribution in [0.25, 0.3) is 0 Å². The van der Waals surface area contributed by atoms with Crippen LogP contribution in [-0.4, -0.2) is 11.2 Å². The third-order valence-electron chi connectivity index (χ3n) is 3.68. The van der Waals surface area contributed by atoms with E-state index in [9.17, 15) is 10.1 Å². The van der Waals surface area contributed by atoms with Gasteiger partial charge in [0, 0.05) is 0 Å². The lowest BCUT2D eigenvalue weighted by atomic mass is 9.94. The van der Waals surface area contributed by atoms with Crippen LogP contribution in [-0.2, 0) is 4.84 Å². The summed E-state index contributed by atoms with van der Waals surface area (Å²) in [6, 6.07) is 0. The molecule has 4 heteroatoms. The van der Waals surface area contributed by atoms with Crippen molar-refractivity contribution in [2.75, 3.05) is 0 Å². The largest absolute Gasteiger partial charge is 0.311 e. The fraction of sp³-hybridized carbons (Fsp3) is 1.00. The first-order valence-corrected chi connectivity index (χ1v) is 6.99. The van der Waals surface area contributed by atoms with Gasteiger partial charge in [0.1, 0.15) is 6.10 Å². The van der Waals surface area contributed by atoms with E-state index in [4.69, 9.17) is 4.84 Å². The van der Waals surface area contributed by atoms with Crippen LogP contribution >= 0.6 is 0 Å². The molecule has 4 nitrogen and oxygen atoms in total. The van der Waals surface area contributed by atoms with Crippen LogP contribution in [0.2, 0.25) is 0 Å². The number of hydrogen-bond donors (Lipinski definition) is 0. The van der Waals surface area contributed by atoms with Gasteiger partial charge in [-0.15, -0.1) is 10.1 Å². The fourth-order valence-corrected chi connectivity index (χ4v) is 2.60. The molecule has 2 atom stereocenters. The first-order valence-electron chi connectivity index (χ1n) is 6.99. The molecule has 0 radical (unpaired) electrons. The highest BCUT2D eigenvalue weighted by Crippen LogP contribution is 2.21. The van der Waals surface area contributed by atoms with Gasteiger partial charge in [-0.2, -0.15) is 0 Å². The van der Waals surface area contributed by atoms with E-state index in [1.807, 2.05) is 0 Å². The molecule has 0 bridgehead atoms. The van der Waals surface area contributed by atoms with Gasteiger partial charge in [0.25, 0.3) is 5.09 Å². The van der Waals surface area contributed by atoms with Crippen molar-refractivity contribution >= 4 is 0 Å². The predicted octanol–water partition coefficient (Wildman–Crippen LogP) is 4.11. The molecule has 1 fully saturated rings. The maximum atomic E-state index is 10.4. The third kappa shape index (κ3) is 7.18. The Morgan fingerprint density at radius 3 is 2.00 bits per heavy atom. The normalized spacial score (nSPS) is 28.8. The van der Waals surface area contributed by atoms with Crippen LogP contribution in [0, 0.1) is 16.0 Å². The van der Waals surface area contributed by atoms with Crippen molar-refractivity contribution in [3.8, 4) is 0 Å². The van der Waals surface area contributed by atoms with Crippen molar-refractivity contribution < 1.29 is 9.92 Å². The molecule has 1 saturated carbocycles. The Morgan fingerprint density at radius 1 is 0.941 bits per heavy atom. The highest BCUT2D eigenvalue weighted by Gasteiger charge is 2.14. The van der Waals surface area contributed by atoms with Crippen LogP contribution in [0.15, 0.2) is 0 Å². The Kier molecular flexibility index (Phi) is 6.97. The smallest absolute Gasteiger partial charge is 0.294 e. The topological polar surface area (TPSA) is 52.4 Å². The van der Waals surface area contributed by atoms with E-state index < -0.39 is 5.09 Å². The lowest BCUT2D eigenvalue weighted by molar-refractivity contribution is -0.769. The summed E-state index contributed by atoms with van der Waals surface area (Å²) < 4.78 is 0. The standard InChI is InChI=1S/C13H25NO3/c1-12-8-4-2-3-5-10-13(17-14(15)16)11-7-6-9-12/h12-13H,2-11H2,1H3. The summed E-state index contributed by atoms with van der Waals surface area (Å²) in [7, 11) is 0. The summed E-state index contributed by atoms with van der Waals surface area (Å²) in [6.45, 7) is 2.32. The first-order chi connectivity index (χ1) is 8.18. The zero-order chi connectivity index (χ0) is 12.5. The molecule has 17 heavy (non-hydrogen) atoms. The highest BCUT2D eigenvalue weighted by atomic mass is 17.0. The number of rotatable bonds is 2. The van der Waals surface area contributed by atoms with E-state index in [-0.39, 0.29) is 6.10 Å². The Labute approximate surface area is 104 Å². The average molecular weight is 243 g/mol. The number of hydrogen-bond acceptors (Lipinski definition) is 3. The molecule has 0 N–H and O–H groups in total. The van der Waals surface area contributed by atoms with Crippen LogP contribution in [0.4, 0.5) is 0 Å². The van der Waals surface area contributed by atoms with Crippen LogP contribution in [0.3, 0.4) is 0 Å². The molecule has 2 unspecified atom stereocenters. The average Bonchev–Trinajstić information content (AvgIpc) is 2.25. The molecule has 1 aliphatic carbocycles. The Hall–Kier alpha value is -0.800. The molecule has 0 aromatic carbocycles. The fourth-order valence-electron chi connectivity index (χ4n) is 2.60. The van der Waals surface area contributed by atoms with Crippen molar-refractivity contribution in [1.82, 2.24) is 0 Å². The first kappa shape index (κ1) is 14.3. The Bertz CT molecular complexity index is 221. The Morgan fingerprint density at radius 2 is 1.41 bits per heavy atom. The van der Waals surface area contributed by atoms with Gasteiger partial charge >= 0.3 is 0 Å². The molecular weight excluding hydrogens is 218 g/mol. The predicted molar refractivity (Wildman–Crippen MR) is 67.2 cm³/mol. The van der Waals surface area contributed by atoms with E-state index in [1.54, 1.807) is 0 Å². The van der Waals surface area contributed by atoms with E-state index in [0.29, 0.717) is 0 Å². The van der Waals surface area contributed by atoms with E-state index in [0.717, 1.165) is 31.6 Å². The molecule has 1 rings (SSSR count). The van der Waals surface area contributed by atoms with Gasteiger partial charge in [-0.3, -0.25) is 0 Å². The molecule has 0 saturated heterocycles. The summed E-state index contributed by atoms with van der Waals surface area (Å²) >= 11 is 0. The molecule has 0 heterocycles. The SMILES string of the molecule is CC1CCCCCCC(O[N+](=O)[O-])CCCC1. The van der Waals surface area contributed by atoms with Gasteiger partial charge < -0.3 is 4.84 Å². The van der Waals surface area contributed by atoms with Gasteiger partial charge in [0.05, 0.1) is 0 Å². The molecule has 0 aromatic rings. The van der Waals surface area contributed by atoms with Crippen molar-refractivity contribution in [3.05, 3.63) is 10.1 Å². The second kappa shape index (κ2) is 8.31. The molecule has 1 aliphatic rings. The highest BCUT2D eigenvalue weighted by molar-refractivity contribution is 4.62. The second-order valence-corrected chi connectivity index (χ2v) is 5.33. The molecule has 0 amide bonds. The summed E-state index contributed by atoms with van der Waals surface area (Å²) in [6.07, 6.45) is 11.2. The van der Waals surface area contributed by atoms with Gasteiger partial charge in [0.2, 0.25) is 0 Å². The zero-order valence-corrected chi connectivity index (χ0v) is 10.9. The minimum Gasteiger partial charge on any atom is -0.311 e. The van der Waals surface area contributed by atoms with Gasteiger partial charge in [-0.25, -0.2) is 0 Å². The molecule has 0 aromatic heterocycles. The summed E-state index contributed by atoms with van der Waals surface area (Å²) in [4.78, 5) is 15.1. The van der Waals surface area contributed by atoms with Gasteiger partial charge in [0.15, 0.2) is 0 Å². The lowest BCUT2D eigenvalue weighted by Gasteiger charge is -2.17. The van der Waals surface area contributed by atoms with Crippen LogP contribution in [0.1, 0.15) is 71.1 Å². The van der Waals surface area contributed by atoms with Crippen molar-refractivity contribution in [2.24, 2.45) is 5.92 Å². The minimum atomic E-state index is -0.626. The second-order valence-electron chi connectivity index (χ2n) is 5.33. The minimum absolute atomic E-state index is 0.167. The lowest BCUT2D eigenvalue weighted by Crippen LogP contribution is -2.17. The van der Waals surface area contributed by atoms with Crippen molar-refractivity contribution in [3.63, 3.8) is 0 Å². The zero-order valence-electron chi connectivity index (χ0n) is 10.9. The van der Waals surface area contributed by atoms with E-state index in [2.05, 4.69) is 6.92 Å². The van der Waals surface area contributed by atoms with Crippen LogP contribution < -0.4 is 0 Å². The third-order valence-corrected chi connectivity index (χ3v) is 3.68. The monoisotopic (exact) mass is 243 g/mol. The summed E-state index contributed by atoms with van der Waals surface area (Å²) in [5.74, 6) is 0.810. The summed E-state index contributed by atoms with van der Waals surface area (Å²) in [5, 5.41) is 9.75. The maximum Gasteiger partial charge on any atom is 0.294 e. The van der Waals surface area contributed by atoms with Crippen molar-refractivity contribution in [1.29, 1.82) is 0 Å².